The van der Waals surface area contributed by atoms with Crippen molar-refractivity contribution in [2.24, 2.45) is 17.8 Å². The Bertz CT molecular complexity index is 547. The van der Waals surface area contributed by atoms with Crippen molar-refractivity contribution < 1.29 is 19.6 Å². The van der Waals surface area contributed by atoms with E-state index in [1.54, 1.807) is 5.64 Å². The van der Waals surface area contributed by atoms with Gasteiger partial charge in [-0.3, -0.25) is 14.8 Å². The molecule has 6 heteroatoms. The summed E-state index contributed by atoms with van der Waals surface area (Å²) in [6.07, 6.45) is 3.17. The molecule has 0 saturated carbocycles. The number of hydrogen-bond acceptors (Lipinski definition) is 5. The third-order valence-electron chi connectivity index (χ3n) is 4.83. The first kappa shape index (κ1) is 20.7. The Hall–Kier alpha value is -1.63. The van der Waals surface area contributed by atoms with Crippen molar-refractivity contribution in [3.63, 3.8) is 0 Å². The van der Waals surface area contributed by atoms with Crippen LogP contribution in [0.1, 0.15) is 45.6 Å². The minimum absolute atomic E-state index is 0.0108. The van der Waals surface area contributed by atoms with Crippen LogP contribution in [0, 0.1) is 17.8 Å². The molecule has 0 aliphatic carbocycles. The largest absolute Gasteiger partial charge is 0.494 e. The minimum Gasteiger partial charge on any atom is -0.494 e. The van der Waals surface area contributed by atoms with Gasteiger partial charge in [0.25, 0.3) is 0 Å². The third kappa shape index (κ3) is 6.59. The van der Waals surface area contributed by atoms with Crippen molar-refractivity contribution in [1.82, 2.24) is 11.0 Å². The molecule has 2 aliphatic heterocycles. The number of nitrogens with one attached hydrogen (secondary N) is 2. The molecule has 2 aliphatic rings. The maximum Gasteiger partial charge on any atom is 0.223 e. The molecule has 2 heterocycles. The highest BCUT2D eigenvalue weighted by Crippen LogP contribution is 2.26. The third-order valence-corrected chi connectivity index (χ3v) is 4.83. The van der Waals surface area contributed by atoms with Crippen molar-refractivity contribution in [2.75, 3.05) is 13.2 Å². The molecule has 3 atom stereocenters. The normalized spacial score (nSPS) is 24.8. The lowest BCUT2D eigenvalue weighted by molar-refractivity contribution is -0.149. The Balaban J connectivity index is 2.19. The van der Waals surface area contributed by atoms with Crippen LogP contribution in [0.2, 0.25) is 0 Å². The monoisotopic (exact) mass is 364 g/mol. The summed E-state index contributed by atoms with van der Waals surface area (Å²) in [5.41, 5.74) is 2.92. The van der Waals surface area contributed by atoms with E-state index in [2.05, 4.69) is 31.3 Å². The second kappa shape index (κ2) is 10.5. The summed E-state index contributed by atoms with van der Waals surface area (Å²) in [7, 11) is 0. The number of benzene rings is 1. The first-order valence-corrected chi connectivity index (χ1v) is 9.52. The van der Waals surface area contributed by atoms with Gasteiger partial charge in [0.2, 0.25) is 5.91 Å². The van der Waals surface area contributed by atoms with Crippen molar-refractivity contribution in [2.45, 2.75) is 52.5 Å². The van der Waals surface area contributed by atoms with Crippen LogP contribution in [0.3, 0.4) is 0 Å². The molecule has 0 saturated heterocycles. The predicted molar refractivity (Wildman–Crippen MR) is 99.8 cm³/mol. The average Bonchev–Trinajstić information content (AvgIpc) is 2.60. The average molecular weight is 364 g/mol. The van der Waals surface area contributed by atoms with Gasteiger partial charge >= 0.3 is 0 Å². The number of rotatable bonds is 5. The number of amides is 1. The van der Waals surface area contributed by atoms with Gasteiger partial charge in [0.15, 0.2) is 0 Å². The molecule has 1 aromatic rings. The Labute approximate surface area is 156 Å². The van der Waals surface area contributed by atoms with Crippen molar-refractivity contribution >= 4 is 5.91 Å². The fourth-order valence-electron chi connectivity index (χ4n) is 3.58. The smallest absolute Gasteiger partial charge is 0.223 e. The lowest BCUT2D eigenvalue weighted by Crippen LogP contribution is -2.43. The summed E-state index contributed by atoms with van der Waals surface area (Å²) >= 11 is 0. The van der Waals surface area contributed by atoms with Crippen LogP contribution < -0.4 is 15.7 Å². The number of hydrogen-bond donors (Lipinski definition) is 3. The van der Waals surface area contributed by atoms with Gasteiger partial charge in [-0.05, 0) is 62.1 Å². The minimum atomic E-state index is -0.158. The topological polar surface area (TPSA) is 79.8 Å². The van der Waals surface area contributed by atoms with E-state index in [4.69, 9.17) is 14.8 Å². The van der Waals surface area contributed by atoms with E-state index >= 15 is 0 Å². The predicted octanol–water partition coefficient (Wildman–Crippen LogP) is 3.10. The van der Waals surface area contributed by atoms with E-state index < -0.39 is 0 Å². The van der Waals surface area contributed by atoms with Crippen molar-refractivity contribution in [3.05, 3.63) is 29.8 Å². The molecule has 0 radical (unpaired) electrons. The van der Waals surface area contributed by atoms with E-state index in [9.17, 15) is 4.79 Å². The highest BCUT2D eigenvalue weighted by atomic mass is 16.8. The zero-order valence-corrected chi connectivity index (χ0v) is 16.0. The summed E-state index contributed by atoms with van der Waals surface area (Å²) in [6, 6.07) is 8.11. The number of fused-ring (bicyclic) bond motifs is 11. The van der Waals surface area contributed by atoms with Crippen LogP contribution in [0.5, 0.6) is 5.75 Å². The molecule has 0 spiro atoms. The lowest BCUT2D eigenvalue weighted by Gasteiger charge is -2.29. The quantitative estimate of drug-likeness (QED) is 0.700. The maximum atomic E-state index is 13.0. The van der Waals surface area contributed by atoms with Crippen LogP contribution in [-0.4, -0.2) is 30.4 Å². The number of carbonyl (C=O) groups excluding carboxylic acids is 1. The fourth-order valence-corrected chi connectivity index (χ4v) is 3.58. The highest BCUT2D eigenvalue weighted by Gasteiger charge is 2.30. The van der Waals surface area contributed by atoms with Gasteiger partial charge in [0.1, 0.15) is 5.75 Å². The first-order chi connectivity index (χ1) is 12.5. The fraction of sp³-hybridized carbons (Fsp3) is 0.650. The van der Waals surface area contributed by atoms with E-state index in [1.807, 2.05) is 19.1 Å². The van der Waals surface area contributed by atoms with Crippen LogP contribution in [-0.2, 0) is 16.1 Å². The second-order valence-electron chi connectivity index (χ2n) is 7.65. The van der Waals surface area contributed by atoms with Gasteiger partial charge in [0, 0.05) is 12.0 Å². The van der Waals surface area contributed by atoms with E-state index in [-0.39, 0.29) is 30.4 Å². The maximum absolute atomic E-state index is 13.0. The molecule has 0 unspecified atom stereocenters. The standard InChI is InChI=1S/C20H32N2O4/c1-14(2)11-19-17(13-26-22-24)5-4-10-25-18-8-6-16(7-9-18)12-15(3)21-20(19)23/h6-9,14-15,17,19,22,24H,4-5,10-13H2,1-3H3,(H,21,23)/t15-,17-,19-/m1/s1. The summed E-state index contributed by atoms with van der Waals surface area (Å²) in [5, 5.41) is 12.0. The van der Waals surface area contributed by atoms with Gasteiger partial charge in [-0.25, -0.2) is 0 Å². The molecule has 1 aromatic carbocycles. The molecule has 0 fully saturated rings. The molecule has 1 amide bonds. The molecule has 2 bridgehead atoms. The SMILES string of the molecule is CC(C)C[C@H]1C(=O)N[C@H](C)Cc2ccc(cc2)OCCC[C@@H]1CONO. The van der Waals surface area contributed by atoms with Gasteiger partial charge < -0.3 is 10.1 Å². The van der Waals surface area contributed by atoms with E-state index in [1.165, 1.54) is 5.56 Å². The molecule has 146 valence electrons. The summed E-state index contributed by atoms with van der Waals surface area (Å²) < 4.78 is 5.82. The van der Waals surface area contributed by atoms with Gasteiger partial charge in [-0.15, -0.1) is 0 Å². The van der Waals surface area contributed by atoms with Crippen molar-refractivity contribution in [1.29, 1.82) is 0 Å². The van der Waals surface area contributed by atoms with Crippen LogP contribution in [0.15, 0.2) is 24.3 Å². The zero-order valence-electron chi connectivity index (χ0n) is 16.0. The molecule has 6 nitrogen and oxygen atoms in total. The van der Waals surface area contributed by atoms with Crippen molar-refractivity contribution in [3.8, 4) is 5.75 Å². The number of ether oxygens (including phenoxy) is 1. The highest BCUT2D eigenvalue weighted by molar-refractivity contribution is 5.79. The lowest BCUT2D eigenvalue weighted by atomic mass is 9.82. The molecule has 26 heavy (non-hydrogen) atoms. The Morgan fingerprint density at radius 2 is 2.08 bits per heavy atom. The van der Waals surface area contributed by atoms with Gasteiger partial charge in [-0.2, -0.15) is 0 Å². The molecular weight excluding hydrogens is 332 g/mol. The molecular formula is C20H32N2O4. The van der Waals surface area contributed by atoms with E-state index in [0.29, 0.717) is 12.5 Å². The van der Waals surface area contributed by atoms with Crippen LogP contribution in [0.25, 0.3) is 0 Å². The van der Waals surface area contributed by atoms with Gasteiger partial charge in [-0.1, -0.05) is 31.6 Å². The van der Waals surface area contributed by atoms with Crippen LogP contribution in [0.4, 0.5) is 0 Å². The Morgan fingerprint density at radius 1 is 1.35 bits per heavy atom. The Kier molecular flexibility index (Phi) is 8.35. The molecule has 3 N–H and O–H groups in total. The summed E-state index contributed by atoms with van der Waals surface area (Å²) in [5.74, 6) is 1.18. The molecule has 0 aromatic heterocycles. The van der Waals surface area contributed by atoms with Gasteiger partial charge in [0.05, 0.1) is 13.2 Å². The molecule has 3 rings (SSSR count). The first-order valence-electron chi connectivity index (χ1n) is 9.52. The van der Waals surface area contributed by atoms with Crippen LogP contribution >= 0.6 is 0 Å². The zero-order chi connectivity index (χ0) is 18.9. The summed E-state index contributed by atoms with van der Waals surface area (Å²) in [6.45, 7) is 7.14. The second-order valence-corrected chi connectivity index (χ2v) is 7.65. The summed E-state index contributed by atoms with van der Waals surface area (Å²) in [4.78, 5) is 18.0. The number of carbonyl (C=O) groups is 1. The van der Waals surface area contributed by atoms with E-state index in [0.717, 1.165) is 31.4 Å². The Morgan fingerprint density at radius 3 is 2.73 bits per heavy atom.